The van der Waals surface area contributed by atoms with Gasteiger partial charge >= 0.3 is 0 Å². The molecule has 72 valence electrons. The van der Waals surface area contributed by atoms with E-state index in [9.17, 15) is 4.39 Å². The molecule has 0 amide bonds. The van der Waals surface area contributed by atoms with Crippen LogP contribution >= 0.6 is 15.9 Å². The summed E-state index contributed by atoms with van der Waals surface area (Å²) in [5, 5.41) is 1.41. The fourth-order valence-corrected chi connectivity index (χ4v) is 1.92. The van der Waals surface area contributed by atoms with Crippen molar-refractivity contribution in [2.24, 2.45) is 0 Å². The standard InChI is InChI=1S/C12H10BrF/c13-12(14)8-9-5-6-10-3-1-2-4-11(10)7-9/h1-7,12H,8H2. The molecule has 0 radical (unpaired) electrons. The summed E-state index contributed by atoms with van der Waals surface area (Å²) in [5.41, 5.74) is 1.02. The Labute approximate surface area is 90.9 Å². The molecule has 1 unspecified atom stereocenters. The van der Waals surface area contributed by atoms with Crippen LogP contribution in [0.3, 0.4) is 0 Å². The highest BCUT2D eigenvalue weighted by atomic mass is 79.9. The number of fused-ring (bicyclic) bond motifs is 1. The van der Waals surface area contributed by atoms with Gasteiger partial charge in [-0.2, -0.15) is 0 Å². The molecule has 2 aromatic rings. The molecule has 0 nitrogen and oxygen atoms in total. The average molecular weight is 253 g/mol. The Balaban J connectivity index is 2.41. The number of hydrogen-bond donors (Lipinski definition) is 0. The Kier molecular flexibility index (Phi) is 2.82. The van der Waals surface area contributed by atoms with Gasteiger partial charge in [0, 0.05) is 6.42 Å². The Morgan fingerprint density at radius 1 is 1.07 bits per heavy atom. The molecule has 2 heteroatoms. The minimum Gasteiger partial charge on any atom is -0.235 e. The van der Waals surface area contributed by atoms with Gasteiger partial charge in [-0.1, -0.05) is 58.4 Å². The van der Waals surface area contributed by atoms with Crippen LogP contribution < -0.4 is 0 Å². The number of benzene rings is 2. The summed E-state index contributed by atoms with van der Waals surface area (Å²) in [7, 11) is 0. The molecule has 0 spiro atoms. The summed E-state index contributed by atoms with van der Waals surface area (Å²) < 4.78 is 12.7. The van der Waals surface area contributed by atoms with Crippen molar-refractivity contribution in [2.45, 2.75) is 11.5 Å². The highest BCUT2D eigenvalue weighted by Gasteiger charge is 2.02. The molecule has 1 atom stereocenters. The average Bonchev–Trinajstić information content (AvgIpc) is 2.17. The summed E-state index contributed by atoms with van der Waals surface area (Å²) in [6, 6.07) is 14.1. The molecule has 0 aliphatic carbocycles. The molecule has 0 saturated carbocycles. The van der Waals surface area contributed by atoms with Crippen molar-refractivity contribution in [3.05, 3.63) is 48.0 Å². The fraction of sp³-hybridized carbons (Fsp3) is 0.167. The number of alkyl halides is 2. The van der Waals surface area contributed by atoms with Crippen LogP contribution in [0.5, 0.6) is 0 Å². The van der Waals surface area contributed by atoms with Crippen LogP contribution in [-0.4, -0.2) is 5.08 Å². The number of halogens is 2. The highest BCUT2D eigenvalue weighted by molar-refractivity contribution is 9.09. The first-order valence-corrected chi connectivity index (χ1v) is 5.43. The zero-order valence-electron chi connectivity index (χ0n) is 7.58. The first-order valence-electron chi connectivity index (χ1n) is 4.51. The van der Waals surface area contributed by atoms with E-state index in [4.69, 9.17) is 0 Å². The van der Waals surface area contributed by atoms with Crippen molar-refractivity contribution in [3.8, 4) is 0 Å². The third-order valence-electron chi connectivity index (χ3n) is 2.20. The van der Waals surface area contributed by atoms with Gasteiger partial charge in [0.2, 0.25) is 0 Å². The van der Waals surface area contributed by atoms with Crippen molar-refractivity contribution in [1.29, 1.82) is 0 Å². The molecule has 0 fully saturated rings. The molecule has 0 aliphatic heterocycles. The first kappa shape index (κ1) is 9.66. The number of rotatable bonds is 2. The zero-order valence-corrected chi connectivity index (χ0v) is 9.17. The minimum absolute atomic E-state index is 0.421. The van der Waals surface area contributed by atoms with Gasteiger partial charge in [-0.3, -0.25) is 0 Å². The maximum absolute atomic E-state index is 12.7. The van der Waals surface area contributed by atoms with Crippen LogP contribution in [0.25, 0.3) is 10.8 Å². The lowest BCUT2D eigenvalue weighted by Crippen LogP contribution is -1.94. The minimum atomic E-state index is -0.955. The quantitative estimate of drug-likeness (QED) is 0.707. The van der Waals surface area contributed by atoms with E-state index < -0.39 is 5.08 Å². The molecular weight excluding hydrogens is 243 g/mol. The molecule has 0 heterocycles. The maximum Gasteiger partial charge on any atom is 0.158 e. The smallest absolute Gasteiger partial charge is 0.158 e. The van der Waals surface area contributed by atoms with Crippen LogP contribution in [0, 0.1) is 0 Å². The van der Waals surface area contributed by atoms with Crippen LogP contribution in [0.2, 0.25) is 0 Å². The molecule has 2 rings (SSSR count). The van der Waals surface area contributed by atoms with Crippen molar-refractivity contribution < 1.29 is 4.39 Å². The van der Waals surface area contributed by atoms with Gasteiger partial charge in [-0.05, 0) is 16.3 Å². The molecule has 2 aromatic carbocycles. The SMILES string of the molecule is FC(Br)Cc1ccc2ccccc2c1. The van der Waals surface area contributed by atoms with E-state index >= 15 is 0 Å². The van der Waals surface area contributed by atoms with Crippen molar-refractivity contribution >= 4 is 26.7 Å². The largest absolute Gasteiger partial charge is 0.235 e. The monoisotopic (exact) mass is 252 g/mol. The summed E-state index contributed by atoms with van der Waals surface area (Å²) in [5.74, 6) is 0. The predicted octanol–water partition coefficient (Wildman–Crippen LogP) is 4.07. The van der Waals surface area contributed by atoms with Gasteiger partial charge in [-0.25, -0.2) is 4.39 Å². The Bertz CT molecular complexity index is 437. The topological polar surface area (TPSA) is 0 Å². The van der Waals surface area contributed by atoms with E-state index in [1.54, 1.807) is 0 Å². The predicted molar refractivity (Wildman–Crippen MR) is 61.5 cm³/mol. The lowest BCUT2D eigenvalue weighted by atomic mass is 10.1. The second-order valence-electron chi connectivity index (χ2n) is 3.28. The van der Waals surface area contributed by atoms with Crippen LogP contribution in [0.15, 0.2) is 42.5 Å². The third-order valence-corrected chi connectivity index (χ3v) is 2.53. The summed E-state index contributed by atoms with van der Waals surface area (Å²) in [6.07, 6.45) is 0.421. The summed E-state index contributed by atoms with van der Waals surface area (Å²) in [4.78, 5) is 0. The Morgan fingerprint density at radius 3 is 2.50 bits per heavy atom. The maximum atomic E-state index is 12.7. The molecule has 0 bridgehead atoms. The normalized spacial score (nSPS) is 13.0. The highest BCUT2D eigenvalue weighted by Crippen LogP contribution is 2.18. The molecule has 14 heavy (non-hydrogen) atoms. The second kappa shape index (κ2) is 4.09. The van der Waals surface area contributed by atoms with Gasteiger partial charge in [0.25, 0.3) is 0 Å². The molecular formula is C12H10BrF. The van der Waals surface area contributed by atoms with E-state index in [0.29, 0.717) is 6.42 Å². The lowest BCUT2D eigenvalue weighted by Gasteiger charge is -2.03. The van der Waals surface area contributed by atoms with E-state index in [1.807, 2.05) is 36.4 Å². The molecule has 0 aliphatic rings. The first-order chi connectivity index (χ1) is 6.75. The molecule has 0 aromatic heterocycles. The van der Waals surface area contributed by atoms with Crippen molar-refractivity contribution in [1.82, 2.24) is 0 Å². The van der Waals surface area contributed by atoms with Crippen molar-refractivity contribution in [3.63, 3.8) is 0 Å². The molecule has 0 N–H and O–H groups in total. The van der Waals surface area contributed by atoms with E-state index in [1.165, 1.54) is 5.39 Å². The Morgan fingerprint density at radius 2 is 1.79 bits per heavy atom. The van der Waals surface area contributed by atoms with E-state index in [0.717, 1.165) is 10.9 Å². The fourth-order valence-electron chi connectivity index (χ4n) is 1.54. The van der Waals surface area contributed by atoms with Gasteiger partial charge in [0.05, 0.1) is 0 Å². The lowest BCUT2D eigenvalue weighted by molar-refractivity contribution is 0.460. The van der Waals surface area contributed by atoms with Gasteiger partial charge in [-0.15, -0.1) is 0 Å². The molecule has 0 saturated heterocycles. The summed E-state index contributed by atoms with van der Waals surface area (Å²) in [6.45, 7) is 0. The second-order valence-corrected chi connectivity index (χ2v) is 4.27. The zero-order chi connectivity index (χ0) is 9.97. The van der Waals surface area contributed by atoms with Crippen LogP contribution in [0.4, 0.5) is 4.39 Å². The van der Waals surface area contributed by atoms with Gasteiger partial charge in [0.15, 0.2) is 5.08 Å². The number of hydrogen-bond acceptors (Lipinski definition) is 0. The third kappa shape index (κ3) is 2.13. The summed E-state index contributed by atoms with van der Waals surface area (Å²) >= 11 is 2.91. The van der Waals surface area contributed by atoms with E-state index in [-0.39, 0.29) is 0 Å². The van der Waals surface area contributed by atoms with Gasteiger partial charge in [0.1, 0.15) is 0 Å². The van der Waals surface area contributed by atoms with E-state index in [2.05, 4.69) is 22.0 Å². The van der Waals surface area contributed by atoms with Gasteiger partial charge < -0.3 is 0 Å². The van der Waals surface area contributed by atoms with Crippen LogP contribution in [0.1, 0.15) is 5.56 Å². The Hall–Kier alpha value is -0.890. The van der Waals surface area contributed by atoms with Crippen LogP contribution in [-0.2, 0) is 6.42 Å². The van der Waals surface area contributed by atoms with Crippen molar-refractivity contribution in [2.75, 3.05) is 0 Å².